The van der Waals surface area contributed by atoms with Crippen LogP contribution in [0.15, 0.2) is 24.3 Å². The molecule has 0 aromatic heterocycles. The first-order chi connectivity index (χ1) is 17.4. The van der Waals surface area contributed by atoms with Gasteiger partial charge >= 0.3 is 12.2 Å². The fourth-order valence-corrected chi connectivity index (χ4v) is 9.32. The fourth-order valence-electron chi connectivity index (χ4n) is 9.32. The zero-order valence-electron chi connectivity index (χ0n) is 22.2. The Morgan fingerprint density at radius 1 is 1.05 bits per heavy atom. The Labute approximate surface area is 218 Å². The lowest BCUT2D eigenvalue weighted by Gasteiger charge is -2.62. The van der Waals surface area contributed by atoms with Crippen molar-refractivity contribution >= 4 is 23.8 Å². The number of carboxylic acid groups (broad SMARTS) is 1. The molecule has 2 heterocycles. The van der Waals surface area contributed by atoms with E-state index in [0.717, 1.165) is 43.4 Å². The number of hydrogen-bond donors (Lipinski definition) is 2. The van der Waals surface area contributed by atoms with Crippen LogP contribution in [0, 0.1) is 23.2 Å². The maximum Gasteiger partial charge on any atom is 0.513 e. The summed E-state index contributed by atoms with van der Waals surface area (Å²) in [4.78, 5) is 40.5. The van der Waals surface area contributed by atoms with Crippen LogP contribution in [0.1, 0.15) is 71.3 Å². The molecule has 8 nitrogen and oxygen atoms in total. The number of carbonyl (C=O) groups excluding carboxylic acids is 2. The first kappa shape index (κ1) is 24.7. The number of anilines is 1. The summed E-state index contributed by atoms with van der Waals surface area (Å²) in [7, 11) is 0. The highest BCUT2D eigenvalue weighted by Gasteiger charge is 2.66. The van der Waals surface area contributed by atoms with E-state index in [0.29, 0.717) is 38.4 Å². The summed E-state index contributed by atoms with van der Waals surface area (Å²) >= 11 is 0. The Balaban J connectivity index is 1.29. The number of likely N-dealkylation sites (tertiary alicyclic amines) is 1. The second-order valence-electron chi connectivity index (χ2n) is 13.7. The molecule has 2 aliphatic heterocycles. The summed E-state index contributed by atoms with van der Waals surface area (Å²) in [6.07, 6.45) is 4.73. The molecular formula is C29H40N3O5+. The van der Waals surface area contributed by atoms with Crippen molar-refractivity contribution in [3.8, 4) is 0 Å². The molecule has 1 aromatic rings. The topological polar surface area (TPSA) is 110 Å². The van der Waals surface area contributed by atoms with Crippen LogP contribution in [0.4, 0.5) is 15.3 Å². The lowest BCUT2D eigenvalue weighted by atomic mass is 9.47. The molecule has 1 saturated heterocycles. The van der Waals surface area contributed by atoms with Crippen LogP contribution in [0.25, 0.3) is 0 Å². The standard InChI is InChI=1S/C29H39N3O5/c1-27(2,3)37-25(34)31-17-28(21-6-4-5-7-22(21)31)8-10-32(11-9-28,26(35)36)23-19-12-18-13-20(23)16-29(14-18,15-19)24(30)33/h4-7,18-20,23H,8-17H2,1-3H3,(H2-,30,33,35,36)/p+1/t18?,19-,20?,23?,28?,29?,32?/m0/s1. The Morgan fingerprint density at radius 3 is 2.24 bits per heavy atom. The number of nitrogens with zero attached hydrogens (tertiary/aromatic N) is 2. The highest BCUT2D eigenvalue weighted by molar-refractivity contribution is 5.91. The Hall–Kier alpha value is -2.61. The van der Waals surface area contributed by atoms with Gasteiger partial charge in [0.25, 0.3) is 0 Å². The molecule has 3 N–H and O–H groups in total. The van der Waals surface area contributed by atoms with Gasteiger partial charge in [0.1, 0.15) is 11.6 Å². The number of piperidine rings is 1. The minimum atomic E-state index is -0.740. The Kier molecular flexibility index (Phi) is 5.31. The van der Waals surface area contributed by atoms with Gasteiger partial charge in [0.15, 0.2) is 0 Å². The number of fused-ring (bicyclic) bond motifs is 2. The Bertz CT molecular complexity index is 1130. The van der Waals surface area contributed by atoms with Crippen LogP contribution in [0.5, 0.6) is 0 Å². The second kappa shape index (κ2) is 7.95. The first-order valence-electron chi connectivity index (χ1n) is 13.9. The first-order valence-corrected chi connectivity index (χ1v) is 13.9. The predicted molar refractivity (Wildman–Crippen MR) is 138 cm³/mol. The molecule has 1 spiro atoms. The normalized spacial score (nSPS) is 40.0. The summed E-state index contributed by atoms with van der Waals surface area (Å²) in [5.74, 6) is 0.779. The molecule has 5 atom stereocenters. The molecule has 6 aliphatic rings. The minimum absolute atomic E-state index is 0.0393. The van der Waals surface area contributed by atoms with E-state index in [4.69, 9.17) is 10.5 Å². The van der Waals surface area contributed by atoms with E-state index in [1.807, 2.05) is 39.0 Å². The highest BCUT2D eigenvalue weighted by Crippen LogP contribution is 2.63. The highest BCUT2D eigenvalue weighted by atomic mass is 16.6. The van der Waals surface area contributed by atoms with E-state index < -0.39 is 17.1 Å². The largest absolute Gasteiger partial charge is 0.513 e. The lowest BCUT2D eigenvalue weighted by Crippen LogP contribution is -2.72. The summed E-state index contributed by atoms with van der Waals surface area (Å²) in [6.45, 7) is 7.21. The van der Waals surface area contributed by atoms with Gasteiger partial charge < -0.3 is 15.6 Å². The molecular weight excluding hydrogens is 470 g/mol. The van der Waals surface area contributed by atoms with E-state index in [-0.39, 0.29) is 39.8 Å². The van der Waals surface area contributed by atoms with E-state index >= 15 is 0 Å². The number of para-hydroxylation sites is 1. The maximum atomic E-state index is 13.2. The molecule has 37 heavy (non-hydrogen) atoms. The third kappa shape index (κ3) is 3.62. The van der Waals surface area contributed by atoms with Gasteiger partial charge in [0.2, 0.25) is 5.91 Å². The van der Waals surface area contributed by atoms with Crippen molar-refractivity contribution in [1.82, 2.24) is 0 Å². The van der Waals surface area contributed by atoms with Crippen molar-refractivity contribution in [2.45, 2.75) is 82.8 Å². The number of nitrogens with two attached hydrogens (primary N) is 1. The van der Waals surface area contributed by atoms with Gasteiger partial charge in [0.05, 0.1) is 24.2 Å². The van der Waals surface area contributed by atoms with Gasteiger partial charge in [-0.1, -0.05) is 18.2 Å². The van der Waals surface area contributed by atoms with Gasteiger partial charge in [-0.05, 0) is 70.4 Å². The van der Waals surface area contributed by atoms with Gasteiger partial charge in [-0.3, -0.25) is 9.69 Å². The van der Waals surface area contributed by atoms with Gasteiger partial charge in [-0.2, -0.15) is 4.79 Å². The zero-order chi connectivity index (χ0) is 26.4. The minimum Gasteiger partial charge on any atom is -0.443 e. The van der Waals surface area contributed by atoms with Crippen molar-refractivity contribution in [3.63, 3.8) is 0 Å². The van der Waals surface area contributed by atoms with Crippen LogP contribution >= 0.6 is 0 Å². The number of carbonyl (C=O) groups is 3. The number of amides is 3. The van der Waals surface area contributed by atoms with Crippen molar-refractivity contribution in [2.75, 3.05) is 24.5 Å². The number of primary amides is 1. The smallest absolute Gasteiger partial charge is 0.443 e. The molecule has 4 saturated carbocycles. The van der Waals surface area contributed by atoms with E-state index in [1.54, 1.807) is 4.90 Å². The summed E-state index contributed by atoms with van der Waals surface area (Å²) in [5.41, 5.74) is 6.62. The molecule has 200 valence electrons. The van der Waals surface area contributed by atoms with Gasteiger partial charge in [0, 0.05) is 36.6 Å². The Morgan fingerprint density at radius 2 is 1.68 bits per heavy atom. The molecule has 4 unspecified atom stereocenters. The van der Waals surface area contributed by atoms with Gasteiger partial charge in [-0.15, -0.1) is 0 Å². The van der Waals surface area contributed by atoms with E-state index in [2.05, 4.69) is 6.07 Å². The monoisotopic (exact) mass is 510 g/mol. The third-order valence-corrected chi connectivity index (χ3v) is 10.5. The molecule has 8 heteroatoms. The van der Waals surface area contributed by atoms with Crippen LogP contribution in [0.3, 0.4) is 0 Å². The van der Waals surface area contributed by atoms with Crippen LogP contribution in [0.2, 0.25) is 0 Å². The number of benzene rings is 1. The predicted octanol–water partition coefficient (Wildman–Crippen LogP) is 4.65. The quantitative estimate of drug-likeness (QED) is 0.563. The third-order valence-electron chi connectivity index (χ3n) is 10.5. The molecule has 4 aliphatic carbocycles. The van der Waals surface area contributed by atoms with Crippen molar-refractivity contribution in [3.05, 3.63) is 29.8 Å². The maximum absolute atomic E-state index is 13.2. The fraction of sp³-hybridized carbons (Fsp3) is 0.690. The van der Waals surface area contributed by atoms with Gasteiger partial charge in [-0.25, -0.2) is 9.28 Å². The molecule has 3 amide bonds. The van der Waals surface area contributed by atoms with Crippen molar-refractivity contribution < 1.29 is 28.7 Å². The second-order valence-corrected chi connectivity index (χ2v) is 13.7. The van der Waals surface area contributed by atoms with Crippen LogP contribution in [-0.4, -0.2) is 59.0 Å². The lowest BCUT2D eigenvalue weighted by molar-refractivity contribution is -0.900. The van der Waals surface area contributed by atoms with Crippen molar-refractivity contribution in [2.24, 2.45) is 28.9 Å². The summed E-state index contributed by atoms with van der Waals surface area (Å²) in [5, 5.41) is 10.7. The van der Waals surface area contributed by atoms with E-state index in [1.165, 1.54) is 0 Å². The number of hydrogen-bond acceptors (Lipinski definition) is 4. The van der Waals surface area contributed by atoms with Crippen LogP contribution < -0.4 is 10.6 Å². The molecule has 4 bridgehead atoms. The molecule has 1 aromatic carbocycles. The number of ether oxygens (including phenoxy) is 1. The average molecular weight is 511 g/mol. The summed E-state index contributed by atoms with van der Waals surface area (Å²) in [6, 6.07) is 8.06. The molecule has 7 rings (SSSR count). The molecule has 5 fully saturated rings. The van der Waals surface area contributed by atoms with Crippen LogP contribution in [-0.2, 0) is 14.9 Å². The van der Waals surface area contributed by atoms with Crippen molar-refractivity contribution in [1.29, 1.82) is 0 Å². The number of quaternary nitrogens is 1. The zero-order valence-corrected chi connectivity index (χ0v) is 22.2. The molecule has 0 radical (unpaired) electrons. The number of rotatable bonds is 2. The SMILES string of the molecule is CC(C)(C)OC(=O)N1CC2(CC[N+](C(=O)O)(C3C4CC5C[C@H]3CC(C(N)=O)(C5)C4)CC2)c2ccccc21. The van der Waals surface area contributed by atoms with E-state index in [9.17, 15) is 19.5 Å². The summed E-state index contributed by atoms with van der Waals surface area (Å²) < 4.78 is 5.82. The average Bonchev–Trinajstić information content (AvgIpc) is 3.13.